The normalized spacial score (nSPS) is 18.1. The molecule has 1 atom stereocenters. The largest absolute Gasteiger partial charge is 0.494 e. The van der Waals surface area contributed by atoms with E-state index in [-0.39, 0.29) is 16.9 Å². The zero-order chi connectivity index (χ0) is 28.0. The van der Waals surface area contributed by atoms with Crippen LogP contribution in [0.3, 0.4) is 0 Å². The minimum atomic E-state index is -5.08. The Bertz CT molecular complexity index is 1210. The van der Waals surface area contributed by atoms with Crippen molar-refractivity contribution in [2.45, 2.75) is 55.2 Å². The molecule has 208 valence electrons. The number of sulfonamides is 1. The van der Waals surface area contributed by atoms with E-state index in [1.807, 2.05) is 19.1 Å². The van der Waals surface area contributed by atoms with Crippen molar-refractivity contribution in [1.29, 1.82) is 0 Å². The number of aliphatic carboxylic acids is 1. The lowest BCUT2D eigenvalue weighted by Gasteiger charge is -2.18. The maximum Gasteiger partial charge on any atom is 0.490 e. The summed E-state index contributed by atoms with van der Waals surface area (Å²) in [7, 11) is -3.71. The van der Waals surface area contributed by atoms with Crippen LogP contribution in [-0.4, -0.2) is 57.4 Å². The summed E-state index contributed by atoms with van der Waals surface area (Å²) in [6, 6.07) is 13.4. The summed E-state index contributed by atoms with van der Waals surface area (Å²) in [6.45, 7) is 3.69. The zero-order valence-corrected chi connectivity index (χ0v) is 21.4. The van der Waals surface area contributed by atoms with Gasteiger partial charge in [-0.05, 0) is 74.6 Å². The van der Waals surface area contributed by atoms with Crippen molar-refractivity contribution >= 4 is 27.6 Å². The van der Waals surface area contributed by atoms with E-state index < -0.39 is 27.6 Å². The summed E-state index contributed by atoms with van der Waals surface area (Å²) in [4.78, 5) is 21.8. The third-order valence-electron chi connectivity index (χ3n) is 6.08. The van der Waals surface area contributed by atoms with Crippen LogP contribution in [0.2, 0.25) is 0 Å². The van der Waals surface area contributed by atoms with Crippen molar-refractivity contribution in [1.82, 2.24) is 5.32 Å². The first-order valence-electron chi connectivity index (χ1n) is 11.9. The molecule has 4 rings (SSSR count). The zero-order valence-electron chi connectivity index (χ0n) is 20.6. The summed E-state index contributed by atoms with van der Waals surface area (Å²) in [5, 5.41) is 10.2. The molecule has 0 spiro atoms. The molecule has 1 heterocycles. The van der Waals surface area contributed by atoms with Crippen LogP contribution in [0, 0.1) is 0 Å². The van der Waals surface area contributed by atoms with Gasteiger partial charge in [-0.1, -0.05) is 12.1 Å². The van der Waals surface area contributed by atoms with Gasteiger partial charge in [0.1, 0.15) is 5.75 Å². The van der Waals surface area contributed by atoms with Gasteiger partial charge in [0.15, 0.2) is 0 Å². The topological polar surface area (TPSA) is 131 Å². The predicted octanol–water partition coefficient (Wildman–Crippen LogP) is 3.85. The first-order valence-corrected chi connectivity index (χ1v) is 13.4. The van der Waals surface area contributed by atoms with Gasteiger partial charge < -0.3 is 19.9 Å². The Kier molecular flexibility index (Phi) is 9.26. The number of carbonyl (C=O) groups is 2. The molecule has 1 saturated carbocycles. The van der Waals surface area contributed by atoms with Crippen LogP contribution in [0.4, 0.5) is 18.9 Å². The molecule has 1 aliphatic carbocycles. The number of amides is 1. The first-order chi connectivity index (χ1) is 17.9. The third-order valence-corrected chi connectivity index (χ3v) is 7.47. The molecular formula is C25H29F3N2O7S. The number of halogens is 3. The summed E-state index contributed by atoms with van der Waals surface area (Å²) in [5.41, 5.74) is 0.847. The molecule has 1 aliphatic heterocycles. The molecule has 2 aromatic carbocycles. The summed E-state index contributed by atoms with van der Waals surface area (Å²) in [6.07, 6.45) is -1.36. The van der Waals surface area contributed by atoms with Gasteiger partial charge in [-0.2, -0.15) is 13.2 Å². The van der Waals surface area contributed by atoms with Crippen LogP contribution < -0.4 is 14.8 Å². The highest BCUT2D eigenvalue weighted by atomic mass is 32.2. The van der Waals surface area contributed by atoms with E-state index in [9.17, 15) is 26.4 Å². The standard InChI is InChI=1S/C23H28N2O5S.C2HF3O2/c1-2-29-19-9-11-21(12-10-19)31(27,28)25-18-7-5-17(6-8-18)23(13-14-23)22(26)24-16-20-4-3-15-30-20;3-2(4,5)1(6)7/h5-12,20,25H,2-4,13-16H2,1H3,(H,24,26);(H,6,7). The molecule has 9 nitrogen and oxygen atoms in total. The fourth-order valence-electron chi connectivity index (χ4n) is 3.91. The Balaban J connectivity index is 0.000000505. The highest BCUT2D eigenvalue weighted by molar-refractivity contribution is 7.92. The molecule has 0 radical (unpaired) electrons. The number of ether oxygens (including phenoxy) is 2. The second-order valence-corrected chi connectivity index (χ2v) is 10.5. The fourth-order valence-corrected chi connectivity index (χ4v) is 4.96. The fraction of sp³-hybridized carbons (Fsp3) is 0.440. The Morgan fingerprint density at radius 2 is 1.71 bits per heavy atom. The Labute approximate surface area is 218 Å². The number of hydrogen-bond acceptors (Lipinski definition) is 6. The highest BCUT2D eigenvalue weighted by Gasteiger charge is 2.51. The van der Waals surface area contributed by atoms with Crippen LogP contribution in [0.1, 0.15) is 38.2 Å². The Hall–Kier alpha value is -3.32. The average molecular weight is 559 g/mol. The van der Waals surface area contributed by atoms with E-state index in [4.69, 9.17) is 19.4 Å². The third kappa shape index (κ3) is 7.60. The van der Waals surface area contributed by atoms with E-state index in [0.717, 1.165) is 37.9 Å². The molecular weight excluding hydrogens is 529 g/mol. The number of alkyl halides is 3. The van der Waals surface area contributed by atoms with E-state index >= 15 is 0 Å². The SMILES string of the molecule is CCOc1ccc(S(=O)(=O)Nc2ccc(C3(C(=O)NCC4CCCO4)CC3)cc2)cc1.O=C(O)C(F)(F)F. The lowest BCUT2D eigenvalue weighted by Crippen LogP contribution is -2.39. The monoisotopic (exact) mass is 558 g/mol. The van der Waals surface area contributed by atoms with Gasteiger partial charge in [-0.3, -0.25) is 9.52 Å². The van der Waals surface area contributed by atoms with E-state index in [1.54, 1.807) is 24.3 Å². The molecule has 2 aromatic rings. The minimum absolute atomic E-state index is 0.0192. The minimum Gasteiger partial charge on any atom is -0.494 e. The van der Waals surface area contributed by atoms with Crippen molar-refractivity contribution in [2.24, 2.45) is 0 Å². The van der Waals surface area contributed by atoms with Gasteiger partial charge in [-0.25, -0.2) is 13.2 Å². The number of hydrogen-bond donors (Lipinski definition) is 3. The molecule has 1 saturated heterocycles. The van der Waals surface area contributed by atoms with Crippen LogP contribution in [0.25, 0.3) is 0 Å². The number of benzene rings is 2. The van der Waals surface area contributed by atoms with Gasteiger partial charge in [-0.15, -0.1) is 0 Å². The second-order valence-electron chi connectivity index (χ2n) is 8.82. The molecule has 38 heavy (non-hydrogen) atoms. The lowest BCUT2D eigenvalue weighted by molar-refractivity contribution is -0.192. The van der Waals surface area contributed by atoms with Crippen LogP contribution in [-0.2, 0) is 29.8 Å². The van der Waals surface area contributed by atoms with Gasteiger partial charge in [0.25, 0.3) is 10.0 Å². The van der Waals surface area contributed by atoms with Crippen molar-refractivity contribution < 1.29 is 45.8 Å². The van der Waals surface area contributed by atoms with Gasteiger partial charge in [0, 0.05) is 18.8 Å². The maximum absolute atomic E-state index is 12.8. The van der Waals surface area contributed by atoms with E-state index in [0.29, 0.717) is 24.6 Å². The molecule has 0 bridgehead atoms. The Morgan fingerprint density at radius 3 is 2.18 bits per heavy atom. The maximum atomic E-state index is 12.8. The number of rotatable bonds is 9. The van der Waals surface area contributed by atoms with Gasteiger partial charge in [0.05, 0.1) is 23.0 Å². The molecule has 3 N–H and O–H groups in total. The highest BCUT2D eigenvalue weighted by Crippen LogP contribution is 2.48. The quantitative estimate of drug-likeness (QED) is 0.426. The van der Waals surface area contributed by atoms with Crippen molar-refractivity contribution in [3.63, 3.8) is 0 Å². The average Bonchev–Trinajstić information content (AvgIpc) is 3.51. The number of carboxylic acid groups (broad SMARTS) is 1. The molecule has 1 unspecified atom stereocenters. The predicted molar refractivity (Wildman–Crippen MR) is 131 cm³/mol. The van der Waals surface area contributed by atoms with E-state index in [2.05, 4.69) is 10.0 Å². The van der Waals surface area contributed by atoms with Gasteiger partial charge in [0.2, 0.25) is 5.91 Å². The van der Waals surface area contributed by atoms with Crippen LogP contribution >= 0.6 is 0 Å². The smallest absolute Gasteiger partial charge is 0.490 e. The molecule has 2 fully saturated rings. The number of nitrogens with one attached hydrogen (secondary N) is 2. The van der Waals surface area contributed by atoms with E-state index in [1.165, 1.54) is 12.1 Å². The van der Waals surface area contributed by atoms with Gasteiger partial charge >= 0.3 is 12.1 Å². The van der Waals surface area contributed by atoms with Crippen LogP contribution in [0.5, 0.6) is 5.75 Å². The van der Waals surface area contributed by atoms with Crippen molar-refractivity contribution in [3.8, 4) is 5.75 Å². The number of carboxylic acids is 1. The summed E-state index contributed by atoms with van der Waals surface area (Å²) < 4.78 is 70.6. The molecule has 13 heteroatoms. The number of anilines is 1. The summed E-state index contributed by atoms with van der Waals surface area (Å²) >= 11 is 0. The summed E-state index contributed by atoms with van der Waals surface area (Å²) in [5.74, 6) is -2.11. The lowest BCUT2D eigenvalue weighted by atomic mass is 9.94. The number of carbonyl (C=O) groups excluding carboxylic acids is 1. The second kappa shape index (κ2) is 12.0. The molecule has 1 amide bonds. The Morgan fingerprint density at radius 1 is 1.11 bits per heavy atom. The van der Waals surface area contributed by atoms with Crippen molar-refractivity contribution in [2.75, 3.05) is 24.5 Å². The van der Waals surface area contributed by atoms with Crippen LogP contribution in [0.15, 0.2) is 53.4 Å². The first kappa shape index (κ1) is 29.2. The molecule has 0 aromatic heterocycles. The van der Waals surface area contributed by atoms with Crippen molar-refractivity contribution in [3.05, 3.63) is 54.1 Å². The molecule has 2 aliphatic rings.